The fraction of sp³-hybridized carbons (Fsp3) is 0.529. The molecule has 1 N–H and O–H groups in total. The van der Waals surface area contributed by atoms with Crippen LogP contribution in [0.5, 0.6) is 0 Å². The Balaban J connectivity index is 1.31. The summed E-state index contributed by atoms with van der Waals surface area (Å²) in [6.07, 6.45) is 4.86. The summed E-state index contributed by atoms with van der Waals surface area (Å²) in [6, 6.07) is 8.52. The van der Waals surface area contributed by atoms with Gasteiger partial charge in [-0.15, -0.1) is 0 Å². The number of fused-ring (bicyclic) bond motifs is 2. The van der Waals surface area contributed by atoms with Crippen LogP contribution in [0.2, 0.25) is 0 Å². The average Bonchev–Trinajstić information content (AvgIpc) is 3.17. The normalized spacial score (nSPS) is 24.7. The molecule has 2 atom stereocenters. The van der Waals surface area contributed by atoms with Crippen LogP contribution in [-0.4, -0.2) is 46.7 Å². The molecule has 6 heteroatoms. The van der Waals surface area contributed by atoms with Gasteiger partial charge in [0.05, 0.1) is 5.75 Å². The smallest absolute Gasteiger partial charge is 0.257 e. The molecule has 1 aromatic heterocycles. The Hall–Kier alpha value is -1.53. The molecule has 2 aliphatic heterocycles. The summed E-state index contributed by atoms with van der Waals surface area (Å²) in [5.74, 6) is 0.436. The molecule has 4 rings (SSSR count). The van der Waals surface area contributed by atoms with Gasteiger partial charge in [0.2, 0.25) is 5.91 Å². The lowest BCUT2D eigenvalue weighted by Gasteiger charge is -2.32. The highest BCUT2D eigenvalue weighted by Gasteiger charge is 2.36. The number of hydrogen-bond donors (Lipinski definition) is 1. The van der Waals surface area contributed by atoms with Crippen molar-refractivity contribution in [1.82, 2.24) is 15.2 Å². The maximum absolute atomic E-state index is 12.2. The van der Waals surface area contributed by atoms with Gasteiger partial charge in [0, 0.05) is 18.6 Å². The summed E-state index contributed by atoms with van der Waals surface area (Å²) in [5, 5.41) is 3.77. The number of hydrogen-bond acceptors (Lipinski definition) is 5. The summed E-state index contributed by atoms with van der Waals surface area (Å²) in [5.41, 5.74) is 1.60. The minimum atomic E-state index is 0.0784. The van der Waals surface area contributed by atoms with Gasteiger partial charge in [-0.25, -0.2) is 4.98 Å². The molecular weight excluding hydrogens is 310 g/mol. The van der Waals surface area contributed by atoms with Crippen LogP contribution in [0.15, 0.2) is 33.9 Å². The first-order valence-corrected chi connectivity index (χ1v) is 9.30. The number of para-hydroxylation sites is 2. The molecule has 0 bridgehead atoms. The summed E-state index contributed by atoms with van der Waals surface area (Å²) in [6.45, 7) is 2.31. The van der Waals surface area contributed by atoms with Crippen LogP contribution in [0.1, 0.15) is 25.7 Å². The van der Waals surface area contributed by atoms with Crippen molar-refractivity contribution in [1.29, 1.82) is 0 Å². The molecular formula is C17H21N3O2S. The Labute approximate surface area is 139 Å². The lowest BCUT2D eigenvalue weighted by molar-refractivity contribution is -0.119. The highest BCUT2D eigenvalue weighted by molar-refractivity contribution is 7.99. The number of thioether (sulfide) groups is 1. The van der Waals surface area contributed by atoms with Crippen molar-refractivity contribution in [2.45, 2.75) is 43.0 Å². The molecule has 23 heavy (non-hydrogen) atoms. The van der Waals surface area contributed by atoms with Crippen LogP contribution in [0.3, 0.4) is 0 Å². The minimum absolute atomic E-state index is 0.0784. The van der Waals surface area contributed by atoms with Crippen LogP contribution >= 0.6 is 11.8 Å². The summed E-state index contributed by atoms with van der Waals surface area (Å²) in [4.78, 5) is 19.2. The van der Waals surface area contributed by atoms with Crippen LogP contribution in [0.4, 0.5) is 0 Å². The summed E-state index contributed by atoms with van der Waals surface area (Å²) < 4.78 is 5.64. The number of piperidine rings is 1. The van der Waals surface area contributed by atoms with Gasteiger partial charge in [-0.1, -0.05) is 30.3 Å². The number of aromatic nitrogens is 1. The Bertz CT molecular complexity index is 669. The number of nitrogens with one attached hydrogen (secondary N) is 1. The van der Waals surface area contributed by atoms with E-state index in [9.17, 15) is 4.79 Å². The number of carbonyl (C=O) groups is 1. The number of amides is 1. The third kappa shape index (κ3) is 3.23. The number of nitrogens with zero attached hydrogens (tertiary/aromatic N) is 2. The summed E-state index contributed by atoms with van der Waals surface area (Å²) >= 11 is 1.36. The first-order valence-electron chi connectivity index (χ1n) is 8.31. The van der Waals surface area contributed by atoms with E-state index in [1.807, 2.05) is 24.3 Å². The van der Waals surface area contributed by atoms with E-state index in [0.717, 1.165) is 24.1 Å². The molecule has 0 saturated carbocycles. The second kappa shape index (κ2) is 6.53. The number of oxazole rings is 1. The Morgan fingerprint density at radius 1 is 1.30 bits per heavy atom. The molecule has 0 spiro atoms. The molecule has 5 nitrogen and oxygen atoms in total. The molecule has 2 aliphatic rings. The number of carbonyl (C=O) groups excluding carboxylic acids is 1. The average molecular weight is 331 g/mol. The van der Waals surface area contributed by atoms with Gasteiger partial charge < -0.3 is 9.73 Å². The maximum Gasteiger partial charge on any atom is 0.257 e. The predicted octanol–water partition coefficient (Wildman–Crippen LogP) is 2.66. The van der Waals surface area contributed by atoms with E-state index >= 15 is 0 Å². The van der Waals surface area contributed by atoms with E-state index in [4.69, 9.17) is 4.42 Å². The third-order valence-corrected chi connectivity index (χ3v) is 5.63. The second-order valence-electron chi connectivity index (χ2n) is 6.30. The Morgan fingerprint density at radius 2 is 2.22 bits per heavy atom. The van der Waals surface area contributed by atoms with Gasteiger partial charge in [0.1, 0.15) is 5.52 Å². The molecule has 122 valence electrons. The van der Waals surface area contributed by atoms with E-state index in [1.165, 1.54) is 37.6 Å². The monoisotopic (exact) mass is 331 g/mol. The fourth-order valence-electron chi connectivity index (χ4n) is 3.70. The van der Waals surface area contributed by atoms with E-state index in [2.05, 4.69) is 15.2 Å². The van der Waals surface area contributed by atoms with Crippen molar-refractivity contribution in [3.63, 3.8) is 0 Å². The maximum atomic E-state index is 12.2. The highest BCUT2D eigenvalue weighted by Crippen LogP contribution is 2.27. The zero-order valence-corrected chi connectivity index (χ0v) is 13.8. The van der Waals surface area contributed by atoms with Gasteiger partial charge in [-0.05, 0) is 37.9 Å². The highest BCUT2D eigenvalue weighted by atomic mass is 32.2. The van der Waals surface area contributed by atoms with Crippen molar-refractivity contribution >= 4 is 28.8 Å². The number of benzene rings is 1. The number of rotatable bonds is 4. The van der Waals surface area contributed by atoms with Crippen LogP contribution in [-0.2, 0) is 4.79 Å². The second-order valence-corrected chi connectivity index (χ2v) is 7.22. The lowest BCUT2D eigenvalue weighted by atomic mass is 9.99. The fourth-order valence-corrected chi connectivity index (χ4v) is 4.35. The Kier molecular flexibility index (Phi) is 4.27. The quantitative estimate of drug-likeness (QED) is 0.873. The van der Waals surface area contributed by atoms with Gasteiger partial charge >= 0.3 is 0 Å². The van der Waals surface area contributed by atoms with Gasteiger partial charge in [0.15, 0.2) is 5.58 Å². The van der Waals surface area contributed by atoms with Gasteiger partial charge in [-0.3, -0.25) is 9.69 Å². The molecule has 2 saturated heterocycles. The van der Waals surface area contributed by atoms with Crippen LogP contribution in [0, 0.1) is 0 Å². The van der Waals surface area contributed by atoms with Crippen molar-refractivity contribution < 1.29 is 9.21 Å². The topological polar surface area (TPSA) is 58.4 Å². The van der Waals surface area contributed by atoms with E-state index in [-0.39, 0.29) is 5.91 Å². The van der Waals surface area contributed by atoms with Gasteiger partial charge in [0.25, 0.3) is 5.22 Å². The zero-order chi connectivity index (χ0) is 15.6. The molecule has 0 unspecified atom stereocenters. The molecule has 2 fully saturated rings. The molecule has 0 radical (unpaired) electrons. The molecule has 3 heterocycles. The molecule has 1 amide bonds. The van der Waals surface area contributed by atoms with E-state index in [0.29, 0.717) is 23.1 Å². The van der Waals surface area contributed by atoms with Crippen molar-refractivity contribution in [2.24, 2.45) is 0 Å². The predicted molar refractivity (Wildman–Crippen MR) is 90.5 cm³/mol. The van der Waals surface area contributed by atoms with Crippen molar-refractivity contribution in [3.05, 3.63) is 24.3 Å². The van der Waals surface area contributed by atoms with Crippen molar-refractivity contribution in [3.8, 4) is 0 Å². The van der Waals surface area contributed by atoms with Crippen molar-refractivity contribution in [2.75, 3.05) is 18.8 Å². The largest absolute Gasteiger partial charge is 0.431 e. The van der Waals surface area contributed by atoms with E-state index < -0.39 is 0 Å². The molecule has 2 aromatic rings. The molecule has 1 aromatic carbocycles. The first-order chi connectivity index (χ1) is 11.3. The zero-order valence-electron chi connectivity index (χ0n) is 13.0. The minimum Gasteiger partial charge on any atom is -0.431 e. The SMILES string of the molecule is O=C(CSc1nc2ccccc2o1)N[C@@H]1CCN2CCCC[C@H]12. The van der Waals surface area contributed by atoms with Crippen LogP contribution in [0.25, 0.3) is 11.1 Å². The molecule has 0 aliphatic carbocycles. The first kappa shape index (κ1) is 15.0. The Morgan fingerprint density at radius 3 is 3.13 bits per heavy atom. The van der Waals surface area contributed by atoms with E-state index in [1.54, 1.807) is 0 Å². The standard InChI is InChI=1S/C17H21N3O2S/c21-16(18-12-8-10-20-9-4-3-6-14(12)20)11-23-17-19-13-5-1-2-7-15(13)22-17/h1-2,5,7,12,14H,3-4,6,8-11H2,(H,18,21)/t12-,14-/m1/s1. The summed E-state index contributed by atoms with van der Waals surface area (Å²) in [7, 11) is 0. The van der Waals surface area contributed by atoms with Gasteiger partial charge in [-0.2, -0.15) is 0 Å². The van der Waals surface area contributed by atoms with Crippen LogP contribution < -0.4 is 5.32 Å². The third-order valence-electron chi connectivity index (χ3n) is 4.80. The lowest BCUT2D eigenvalue weighted by Crippen LogP contribution is -2.47.